The van der Waals surface area contributed by atoms with E-state index >= 15 is 0 Å². The lowest BCUT2D eigenvalue weighted by Gasteiger charge is -2.17. The van der Waals surface area contributed by atoms with Crippen molar-refractivity contribution in [2.75, 3.05) is 0 Å². The molecule has 0 N–H and O–H groups in total. The van der Waals surface area contributed by atoms with Gasteiger partial charge in [-0.3, -0.25) is 0 Å². The van der Waals surface area contributed by atoms with Crippen molar-refractivity contribution in [3.63, 3.8) is 0 Å². The Morgan fingerprint density at radius 1 is 1.20 bits per heavy atom. The van der Waals surface area contributed by atoms with E-state index in [4.69, 9.17) is 5.26 Å². The van der Waals surface area contributed by atoms with Gasteiger partial charge in [-0.15, -0.1) is 0 Å². The number of allylic oxidation sites excluding steroid dienone is 4. The van der Waals surface area contributed by atoms with Gasteiger partial charge in [0.15, 0.2) is 0 Å². The van der Waals surface area contributed by atoms with Gasteiger partial charge in [0.05, 0.1) is 14.1 Å². The molecule has 15 heavy (non-hydrogen) atoms. The van der Waals surface area contributed by atoms with E-state index in [9.17, 15) is 0 Å². The second-order valence-corrected chi connectivity index (χ2v) is 10.3. The normalized spacial score (nSPS) is 12.9. The molecule has 0 aliphatic rings. The van der Waals surface area contributed by atoms with Crippen molar-refractivity contribution in [3.8, 4) is 6.07 Å². The van der Waals surface area contributed by atoms with Crippen molar-refractivity contribution in [1.82, 2.24) is 0 Å². The van der Waals surface area contributed by atoms with Crippen LogP contribution in [0.25, 0.3) is 0 Å². The van der Waals surface area contributed by atoms with Crippen LogP contribution in [0.5, 0.6) is 0 Å². The van der Waals surface area contributed by atoms with Crippen molar-refractivity contribution < 1.29 is 0 Å². The zero-order valence-electron chi connectivity index (χ0n) is 10.9. The van der Waals surface area contributed by atoms with Crippen LogP contribution in [0.1, 0.15) is 33.6 Å². The summed E-state index contributed by atoms with van der Waals surface area (Å²) in [7, 11) is -1.43. The highest BCUT2D eigenvalue weighted by Gasteiger charge is 2.21. The molecule has 0 aromatic carbocycles. The van der Waals surface area contributed by atoms with Gasteiger partial charge in [-0.1, -0.05) is 36.9 Å². The van der Waals surface area contributed by atoms with Crippen LogP contribution >= 0.6 is 0 Å². The summed E-state index contributed by atoms with van der Waals surface area (Å²) in [6.45, 7) is 13.0. The summed E-state index contributed by atoms with van der Waals surface area (Å²) in [4.78, 5) is 0. The van der Waals surface area contributed by atoms with Gasteiger partial charge in [0.25, 0.3) is 0 Å². The second-order valence-electron chi connectivity index (χ2n) is 5.34. The predicted octanol–water partition coefficient (Wildman–Crippen LogP) is 4.45. The maximum Gasteiger partial charge on any atom is 0.0911 e. The number of nitrogens with zero attached hydrogens (tertiary/aromatic N) is 1. The largest absolute Gasteiger partial charge is 0.193 e. The van der Waals surface area contributed by atoms with Crippen molar-refractivity contribution in [3.05, 3.63) is 22.4 Å². The first-order valence-electron chi connectivity index (χ1n) is 5.52. The van der Waals surface area contributed by atoms with Gasteiger partial charge >= 0.3 is 0 Å². The van der Waals surface area contributed by atoms with Crippen LogP contribution in [0.4, 0.5) is 0 Å². The molecule has 0 bridgehead atoms. The summed E-state index contributed by atoms with van der Waals surface area (Å²) in [5.74, 6) is 0. The van der Waals surface area contributed by atoms with E-state index in [2.05, 4.69) is 52.6 Å². The molecule has 84 valence electrons. The third-order valence-electron chi connectivity index (χ3n) is 2.36. The fraction of sp³-hybridized carbons (Fsp3) is 0.615. The smallest absolute Gasteiger partial charge is 0.0911 e. The molecule has 0 aliphatic heterocycles. The SMILES string of the molecule is CC(C)=CCC/C(C)=C(\C#N)[Si](C)(C)C. The van der Waals surface area contributed by atoms with Gasteiger partial charge in [-0.25, -0.2) is 0 Å². The average Bonchev–Trinajstić information content (AvgIpc) is 2.01. The molecule has 0 heterocycles. The summed E-state index contributed by atoms with van der Waals surface area (Å²) in [5, 5.41) is 10.2. The molecule has 0 aromatic heterocycles. The first-order chi connectivity index (χ1) is 6.79. The predicted molar refractivity (Wildman–Crippen MR) is 70.3 cm³/mol. The van der Waals surface area contributed by atoms with Crippen LogP contribution in [0.2, 0.25) is 19.6 Å². The van der Waals surface area contributed by atoms with Gasteiger partial charge in [-0.05, 0) is 33.6 Å². The monoisotopic (exact) mass is 221 g/mol. The topological polar surface area (TPSA) is 23.8 Å². The molecule has 2 heteroatoms. The second kappa shape index (κ2) is 5.92. The third kappa shape index (κ3) is 5.59. The van der Waals surface area contributed by atoms with E-state index in [-0.39, 0.29) is 0 Å². The fourth-order valence-electron chi connectivity index (χ4n) is 1.61. The maximum atomic E-state index is 9.15. The Hall–Kier alpha value is -0.813. The Morgan fingerprint density at radius 2 is 1.73 bits per heavy atom. The summed E-state index contributed by atoms with van der Waals surface area (Å²) in [5.41, 5.74) is 2.64. The first-order valence-corrected chi connectivity index (χ1v) is 9.02. The van der Waals surface area contributed by atoms with Crippen LogP contribution < -0.4 is 0 Å². The van der Waals surface area contributed by atoms with Crippen molar-refractivity contribution in [1.29, 1.82) is 5.26 Å². The Bertz CT molecular complexity index is 306. The Balaban J connectivity index is 4.64. The molecule has 0 spiro atoms. The van der Waals surface area contributed by atoms with Gasteiger partial charge < -0.3 is 0 Å². The van der Waals surface area contributed by atoms with Crippen molar-refractivity contribution in [2.24, 2.45) is 0 Å². The van der Waals surface area contributed by atoms with Gasteiger partial charge in [0.1, 0.15) is 0 Å². The summed E-state index contributed by atoms with van der Waals surface area (Å²) in [6, 6.07) is 2.40. The number of hydrogen-bond donors (Lipinski definition) is 0. The Kier molecular flexibility index (Phi) is 5.60. The number of rotatable bonds is 4. The molecular formula is C13H23NSi. The van der Waals surface area contributed by atoms with Crippen LogP contribution in [-0.2, 0) is 0 Å². The lowest BCUT2D eigenvalue weighted by molar-refractivity contribution is 0.962. The zero-order chi connectivity index (χ0) is 12.1. The molecule has 0 atom stereocenters. The minimum Gasteiger partial charge on any atom is -0.193 e. The minimum absolute atomic E-state index is 1.03. The molecule has 0 rings (SSSR count). The van der Waals surface area contributed by atoms with Gasteiger partial charge in [0, 0.05) is 5.20 Å². The van der Waals surface area contributed by atoms with E-state index in [1.165, 1.54) is 11.1 Å². The lowest BCUT2D eigenvalue weighted by atomic mass is 10.1. The number of hydrogen-bond acceptors (Lipinski definition) is 1. The van der Waals surface area contributed by atoms with Gasteiger partial charge in [0.2, 0.25) is 0 Å². The van der Waals surface area contributed by atoms with E-state index in [1.54, 1.807) is 0 Å². The third-order valence-corrected chi connectivity index (χ3v) is 4.40. The standard InChI is InChI=1S/C13H23NSi/c1-11(2)8-7-9-12(3)13(10-14)15(4,5)6/h8H,7,9H2,1-6H3/b13-12+. The van der Waals surface area contributed by atoms with E-state index in [1.807, 2.05) is 0 Å². The van der Waals surface area contributed by atoms with Gasteiger partial charge in [-0.2, -0.15) is 5.26 Å². The summed E-state index contributed by atoms with van der Waals surface area (Å²) < 4.78 is 0. The lowest BCUT2D eigenvalue weighted by Crippen LogP contribution is -2.24. The maximum absolute atomic E-state index is 9.15. The van der Waals surface area contributed by atoms with E-state index in [0.717, 1.165) is 18.0 Å². The van der Waals surface area contributed by atoms with Crippen LogP contribution in [-0.4, -0.2) is 8.07 Å². The molecule has 0 saturated carbocycles. The highest BCUT2D eigenvalue weighted by atomic mass is 28.3. The quantitative estimate of drug-likeness (QED) is 0.391. The fourth-order valence-corrected chi connectivity index (χ4v) is 3.35. The molecule has 0 radical (unpaired) electrons. The zero-order valence-corrected chi connectivity index (χ0v) is 11.9. The molecule has 0 amide bonds. The summed E-state index contributed by atoms with van der Waals surface area (Å²) in [6.07, 6.45) is 4.32. The van der Waals surface area contributed by atoms with E-state index in [0.29, 0.717) is 0 Å². The highest BCUT2D eigenvalue weighted by molar-refractivity contribution is 6.84. The Labute approximate surface area is 95.5 Å². The first kappa shape index (κ1) is 14.2. The van der Waals surface area contributed by atoms with Crippen molar-refractivity contribution in [2.45, 2.75) is 53.3 Å². The van der Waals surface area contributed by atoms with E-state index < -0.39 is 8.07 Å². The van der Waals surface area contributed by atoms with Crippen LogP contribution in [0.3, 0.4) is 0 Å². The highest BCUT2D eigenvalue weighted by Crippen LogP contribution is 2.21. The molecule has 1 nitrogen and oxygen atoms in total. The minimum atomic E-state index is -1.43. The molecule has 0 fully saturated rings. The van der Waals surface area contributed by atoms with Crippen molar-refractivity contribution >= 4 is 8.07 Å². The molecule has 0 aliphatic carbocycles. The molecule has 0 unspecified atom stereocenters. The van der Waals surface area contributed by atoms with Crippen LogP contribution in [0.15, 0.2) is 22.4 Å². The molecular weight excluding hydrogens is 198 g/mol. The summed E-state index contributed by atoms with van der Waals surface area (Å²) >= 11 is 0. The number of nitriles is 1. The Morgan fingerprint density at radius 3 is 2.07 bits per heavy atom. The molecule has 0 saturated heterocycles. The molecule has 0 aromatic rings. The average molecular weight is 221 g/mol. The van der Waals surface area contributed by atoms with Crippen LogP contribution in [0, 0.1) is 11.3 Å².